The Morgan fingerprint density at radius 2 is 1.89 bits per heavy atom. The summed E-state index contributed by atoms with van der Waals surface area (Å²) in [5.74, 6) is -0.0489. The molecule has 0 aliphatic carbocycles. The Balaban J connectivity index is 2.03. The van der Waals surface area contributed by atoms with Crippen molar-refractivity contribution in [1.82, 2.24) is 0 Å². The van der Waals surface area contributed by atoms with Crippen molar-refractivity contribution in [2.45, 2.75) is 11.3 Å². The highest BCUT2D eigenvalue weighted by atomic mass is 127. The van der Waals surface area contributed by atoms with Crippen molar-refractivity contribution >= 4 is 58.4 Å². The topological polar surface area (TPSA) is 29.1 Å². The Hall–Kier alpha value is -0.720. The minimum Gasteiger partial charge on any atom is -0.325 e. The summed E-state index contributed by atoms with van der Waals surface area (Å²) in [5, 5.41) is 3.54. The van der Waals surface area contributed by atoms with Gasteiger partial charge < -0.3 is 5.32 Å². The van der Waals surface area contributed by atoms with Gasteiger partial charge >= 0.3 is 0 Å². The number of thiol groups is 1. The zero-order valence-electron chi connectivity index (χ0n) is 9.86. The fourth-order valence-corrected chi connectivity index (χ4v) is 2.74. The zero-order chi connectivity index (χ0) is 13.8. The molecule has 0 radical (unpaired) electrons. The summed E-state index contributed by atoms with van der Waals surface area (Å²) in [6.07, 6.45) is 0.340. The van der Waals surface area contributed by atoms with Crippen molar-refractivity contribution in [3.05, 3.63) is 56.6 Å². The van der Waals surface area contributed by atoms with Crippen LogP contribution in [0.3, 0.4) is 0 Å². The minimum atomic E-state index is -0.0489. The molecule has 0 aliphatic heterocycles. The maximum Gasteiger partial charge on any atom is 0.228 e. The molecule has 0 aliphatic rings. The van der Waals surface area contributed by atoms with Gasteiger partial charge in [-0.1, -0.05) is 23.7 Å². The Morgan fingerprint density at radius 3 is 2.53 bits per heavy atom. The first-order valence-electron chi connectivity index (χ1n) is 5.57. The highest BCUT2D eigenvalue weighted by Gasteiger charge is 2.07. The van der Waals surface area contributed by atoms with Gasteiger partial charge in [-0.05, 0) is 58.5 Å². The van der Waals surface area contributed by atoms with Crippen LogP contribution in [0.1, 0.15) is 5.56 Å². The quantitative estimate of drug-likeness (QED) is 0.577. The van der Waals surface area contributed by atoms with E-state index in [9.17, 15) is 4.79 Å². The SMILES string of the molecule is O=C(Cc1ccc(S)cc1)Nc1ccc(Cl)cc1I. The third kappa shape index (κ3) is 4.40. The number of hydrogen-bond donors (Lipinski definition) is 2. The van der Waals surface area contributed by atoms with E-state index in [1.54, 1.807) is 12.1 Å². The van der Waals surface area contributed by atoms with Crippen LogP contribution in [-0.2, 0) is 11.2 Å². The molecule has 0 fully saturated rings. The van der Waals surface area contributed by atoms with Crippen molar-refractivity contribution in [3.63, 3.8) is 0 Å². The third-order valence-electron chi connectivity index (χ3n) is 2.51. The van der Waals surface area contributed by atoms with Crippen LogP contribution in [0.5, 0.6) is 0 Å². The molecule has 0 saturated heterocycles. The van der Waals surface area contributed by atoms with Crippen LogP contribution >= 0.6 is 46.8 Å². The van der Waals surface area contributed by atoms with Crippen LogP contribution in [0.15, 0.2) is 47.4 Å². The van der Waals surface area contributed by atoms with Crippen LogP contribution < -0.4 is 5.32 Å². The lowest BCUT2D eigenvalue weighted by atomic mass is 10.1. The third-order valence-corrected chi connectivity index (χ3v) is 3.93. The summed E-state index contributed by atoms with van der Waals surface area (Å²) in [6, 6.07) is 12.9. The number of carbonyl (C=O) groups excluding carboxylic acids is 1. The number of nitrogens with one attached hydrogen (secondary N) is 1. The summed E-state index contributed by atoms with van der Waals surface area (Å²) < 4.78 is 0.921. The van der Waals surface area contributed by atoms with Crippen molar-refractivity contribution < 1.29 is 4.79 Å². The minimum absolute atomic E-state index is 0.0489. The maximum absolute atomic E-state index is 11.9. The lowest BCUT2D eigenvalue weighted by molar-refractivity contribution is -0.115. The highest BCUT2D eigenvalue weighted by Crippen LogP contribution is 2.22. The van der Waals surface area contributed by atoms with E-state index in [-0.39, 0.29) is 5.91 Å². The molecule has 5 heteroatoms. The molecule has 0 atom stereocenters. The predicted molar refractivity (Wildman–Crippen MR) is 90.2 cm³/mol. The molecule has 1 N–H and O–H groups in total. The molecular weight excluding hydrogens is 393 g/mol. The number of hydrogen-bond acceptors (Lipinski definition) is 2. The molecule has 1 amide bonds. The molecule has 2 aromatic rings. The fourth-order valence-electron chi connectivity index (χ4n) is 1.58. The summed E-state index contributed by atoms with van der Waals surface area (Å²) in [5.41, 5.74) is 1.74. The molecule has 0 bridgehead atoms. The van der Waals surface area contributed by atoms with Crippen molar-refractivity contribution in [2.24, 2.45) is 0 Å². The monoisotopic (exact) mass is 403 g/mol. The van der Waals surface area contributed by atoms with E-state index in [0.717, 1.165) is 19.7 Å². The molecule has 0 heterocycles. The van der Waals surface area contributed by atoms with Crippen LogP contribution in [-0.4, -0.2) is 5.91 Å². The van der Waals surface area contributed by atoms with Crippen molar-refractivity contribution in [3.8, 4) is 0 Å². The van der Waals surface area contributed by atoms with E-state index < -0.39 is 0 Å². The summed E-state index contributed by atoms with van der Waals surface area (Å²) in [4.78, 5) is 12.8. The lowest BCUT2D eigenvalue weighted by Crippen LogP contribution is -2.15. The van der Waals surface area contributed by atoms with E-state index >= 15 is 0 Å². The summed E-state index contributed by atoms with van der Waals surface area (Å²) in [6.45, 7) is 0. The first kappa shape index (κ1) is 14.7. The Labute approximate surface area is 136 Å². The van der Waals surface area contributed by atoms with E-state index in [0.29, 0.717) is 11.4 Å². The fraction of sp³-hybridized carbons (Fsp3) is 0.0714. The number of anilines is 1. The van der Waals surface area contributed by atoms with Crippen LogP contribution in [0.4, 0.5) is 5.69 Å². The van der Waals surface area contributed by atoms with Crippen LogP contribution in [0.2, 0.25) is 5.02 Å². The number of rotatable bonds is 3. The molecule has 0 aromatic heterocycles. The second-order valence-corrected chi connectivity index (χ2v) is 6.13. The van der Waals surface area contributed by atoms with Crippen LogP contribution in [0, 0.1) is 3.57 Å². The Morgan fingerprint density at radius 1 is 1.21 bits per heavy atom. The average Bonchev–Trinajstić information content (AvgIpc) is 2.36. The van der Waals surface area contributed by atoms with Crippen molar-refractivity contribution in [2.75, 3.05) is 5.32 Å². The Bertz CT molecular complexity index is 601. The summed E-state index contributed by atoms with van der Waals surface area (Å²) >= 11 is 12.2. The molecule has 0 saturated carbocycles. The molecule has 2 aromatic carbocycles. The van der Waals surface area contributed by atoms with E-state index in [4.69, 9.17) is 11.6 Å². The van der Waals surface area contributed by atoms with Gasteiger partial charge in [0, 0.05) is 13.5 Å². The van der Waals surface area contributed by atoms with Gasteiger partial charge in [0.05, 0.1) is 12.1 Å². The van der Waals surface area contributed by atoms with Crippen LogP contribution in [0.25, 0.3) is 0 Å². The number of carbonyl (C=O) groups is 1. The Kier molecular flexibility index (Phi) is 5.13. The van der Waals surface area contributed by atoms with Gasteiger partial charge in [-0.3, -0.25) is 4.79 Å². The average molecular weight is 404 g/mol. The molecule has 0 spiro atoms. The predicted octanol–water partition coefficient (Wildman–Crippen LogP) is 4.41. The largest absolute Gasteiger partial charge is 0.325 e. The zero-order valence-corrected chi connectivity index (χ0v) is 13.7. The molecular formula is C14H11ClINOS. The molecule has 2 nitrogen and oxygen atoms in total. The lowest BCUT2D eigenvalue weighted by Gasteiger charge is -2.08. The second kappa shape index (κ2) is 6.63. The van der Waals surface area contributed by atoms with Gasteiger partial charge in [0.15, 0.2) is 0 Å². The van der Waals surface area contributed by atoms with Gasteiger partial charge in [0.1, 0.15) is 0 Å². The first-order chi connectivity index (χ1) is 9.04. The molecule has 19 heavy (non-hydrogen) atoms. The van der Waals surface area contributed by atoms with E-state index in [1.165, 1.54) is 0 Å². The van der Waals surface area contributed by atoms with Gasteiger partial charge in [-0.25, -0.2) is 0 Å². The first-order valence-corrected chi connectivity index (χ1v) is 7.48. The van der Waals surface area contributed by atoms with Crippen molar-refractivity contribution in [1.29, 1.82) is 0 Å². The smallest absolute Gasteiger partial charge is 0.228 e. The second-order valence-electron chi connectivity index (χ2n) is 4.02. The van der Waals surface area contributed by atoms with Gasteiger partial charge in [0.25, 0.3) is 0 Å². The number of benzene rings is 2. The van der Waals surface area contributed by atoms with E-state index in [1.807, 2.05) is 30.3 Å². The maximum atomic E-state index is 11.9. The summed E-state index contributed by atoms with van der Waals surface area (Å²) in [7, 11) is 0. The molecule has 98 valence electrons. The normalized spacial score (nSPS) is 10.3. The van der Waals surface area contributed by atoms with Gasteiger partial charge in [0.2, 0.25) is 5.91 Å². The highest BCUT2D eigenvalue weighted by molar-refractivity contribution is 14.1. The molecule has 0 unspecified atom stereocenters. The molecule has 2 rings (SSSR count). The van der Waals surface area contributed by atoms with Gasteiger partial charge in [-0.2, -0.15) is 0 Å². The number of halogens is 2. The van der Waals surface area contributed by atoms with Gasteiger partial charge in [-0.15, -0.1) is 12.6 Å². The number of amides is 1. The van der Waals surface area contributed by atoms with E-state index in [2.05, 4.69) is 40.5 Å². The standard InChI is InChI=1S/C14H11ClINOS/c15-10-3-6-13(12(16)8-10)17-14(18)7-9-1-4-11(19)5-2-9/h1-6,8,19H,7H2,(H,17,18).